The van der Waals surface area contributed by atoms with E-state index >= 15 is 0 Å². The van der Waals surface area contributed by atoms with Gasteiger partial charge < -0.3 is 14.8 Å². The van der Waals surface area contributed by atoms with E-state index in [9.17, 15) is 14.4 Å². The predicted octanol–water partition coefficient (Wildman–Crippen LogP) is 3.67. The van der Waals surface area contributed by atoms with Gasteiger partial charge >= 0.3 is 0 Å². The Balaban J connectivity index is 1.66. The fourth-order valence-corrected chi connectivity index (χ4v) is 4.42. The van der Waals surface area contributed by atoms with Crippen LogP contribution in [0.1, 0.15) is 57.5 Å². The molecule has 1 aromatic heterocycles. The highest BCUT2D eigenvalue weighted by Crippen LogP contribution is 2.27. The summed E-state index contributed by atoms with van der Waals surface area (Å²) in [6.07, 6.45) is 5.01. The molecule has 0 aliphatic carbocycles. The summed E-state index contributed by atoms with van der Waals surface area (Å²) >= 11 is 0. The summed E-state index contributed by atoms with van der Waals surface area (Å²) in [6.45, 7) is 3.82. The molecule has 1 aliphatic heterocycles. The van der Waals surface area contributed by atoms with E-state index in [0.717, 1.165) is 18.4 Å². The molecule has 4 rings (SSSR count). The minimum Gasteiger partial charge on any atom is -0.352 e. The van der Waals surface area contributed by atoms with E-state index in [1.54, 1.807) is 28.8 Å². The zero-order chi connectivity index (χ0) is 23.2. The number of benzene rings is 2. The van der Waals surface area contributed by atoms with Crippen LogP contribution >= 0.6 is 0 Å². The van der Waals surface area contributed by atoms with Crippen LogP contribution in [-0.4, -0.2) is 40.9 Å². The van der Waals surface area contributed by atoms with Gasteiger partial charge in [0.25, 0.3) is 11.8 Å². The second-order valence-corrected chi connectivity index (χ2v) is 8.43. The lowest BCUT2D eigenvalue weighted by atomic mass is 9.90. The Hall–Kier alpha value is -3.67. The molecule has 1 fully saturated rings. The summed E-state index contributed by atoms with van der Waals surface area (Å²) in [5.41, 5.74) is 1.74. The summed E-state index contributed by atoms with van der Waals surface area (Å²) in [5, 5.41) is 2.69. The van der Waals surface area contributed by atoms with Crippen molar-refractivity contribution in [1.29, 1.82) is 0 Å². The predicted molar refractivity (Wildman–Crippen MR) is 129 cm³/mol. The number of nitrogens with one attached hydrogen (secondary N) is 1. The Morgan fingerprint density at radius 1 is 0.970 bits per heavy atom. The molecule has 170 valence electrons. The zero-order valence-electron chi connectivity index (χ0n) is 18.9. The Kier molecular flexibility index (Phi) is 7.03. The van der Waals surface area contributed by atoms with Gasteiger partial charge in [-0.2, -0.15) is 0 Å². The van der Waals surface area contributed by atoms with Gasteiger partial charge in [-0.25, -0.2) is 0 Å². The number of piperidine rings is 1. The smallest absolute Gasteiger partial charge is 0.259 e. The van der Waals surface area contributed by atoms with Gasteiger partial charge in [0.05, 0.1) is 0 Å². The number of amides is 2. The molecule has 6 nitrogen and oxygen atoms in total. The molecule has 2 aromatic carbocycles. The maximum Gasteiger partial charge on any atom is 0.259 e. The average Bonchev–Trinajstić information content (AvgIpc) is 2.86. The Morgan fingerprint density at radius 3 is 2.33 bits per heavy atom. The first-order valence-corrected chi connectivity index (χ1v) is 11.5. The molecule has 2 heterocycles. The summed E-state index contributed by atoms with van der Waals surface area (Å²) < 4.78 is 1.76. The van der Waals surface area contributed by atoms with Gasteiger partial charge in [-0.3, -0.25) is 14.4 Å². The number of carbonyl (C=O) groups excluding carboxylic acids is 2. The third kappa shape index (κ3) is 5.22. The number of rotatable bonds is 6. The Morgan fingerprint density at radius 2 is 1.64 bits per heavy atom. The molecule has 1 aliphatic rings. The average molecular weight is 444 g/mol. The summed E-state index contributed by atoms with van der Waals surface area (Å²) in [5.74, 6) is -0.532. The molecule has 33 heavy (non-hydrogen) atoms. The fraction of sp³-hybridized carbons (Fsp3) is 0.296. The van der Waals surface area contributed by atoms with Crippen molar-refractivity contribution < 1.29 is 9.59 Å². The maximum atomic E-state index is 13.5. The van der Waals surface area contributed by atoms with Crippen LogP contribution in [-0.2, 0) is 6.54 Å². The lowest BCUT2D eigenvalue weighted by molar-refractivity contribution is 0.0705. The highest BCUT2D eigenvalue weighted by atomic mass is 16.2. The van der Waals surface area contributed by atoms with Crippen molar-refractivity contribution in [3.63, 3.8) is 0 Å². The van der Waals surface area contributed by atoms with Gasteiger partial charge in [-0.15, -0.1) is 0 Å². The largest absolute Gasteiger partial charge is 0.352 e. The molecular weight excluding hydrogens is 414 g/mol. The first kappa shape index (κ1) is 22.5. The molecule has 0 saturated carbocycles. The third-order valence-electron chi connectivity index (χ3n) is 6.08. The molecule has 0 bridgehead atoms. The van der Waals surface area contributed by atoms with Crippen molar-refractivity contribution in [3.05, 3.63) is 106 Å². The number of likely N-dealkylation sites (tertiary alicyclic amines) is 1. The first-order chi connectivity index (χ1) is 16.1. The van der Waals surface area contributed by atoms with Crippen LogP contribution in [0.4, 0.5) is 0 Å². The summed E-state index contributed by atoms with van der Waals surface area (Å²) in [7, 11) is 0. The van der Waals surface area contributed by atoms with Crippen LogP contribution in [0.3, 0.4) is 0 Å². The van der Waals surface area contributed by atoms with E-state index < -0.39 is 11.3 Å². The highest BCUT2D eigenvalue weighted by molar-refractivity contribution is 5.99. The molecule has 0 unspecified atom stereocenters. The number of carbonyl (C=O) groups is 2. The molecule has 6 heteroatoms. The second-order valence-electron chi connectivity index (χ2n) is 8.43. The molecule has 3 aromatic rings. The number of nitrogens with zero attached hydrogens (tertiary/aromatic N) is 2. The van der Waals surface area contributed by atoms with Crippen molar-refractivity contribution in [2.45, 2.75) is 32.2 Å². The number of hydrogen-bond acceptors (Lipinski definition) is 3. The summed E-state index contributed by atoms with van der Waals surface area (Å²) in [4.78, 5) is 41.1. The molecule has 1 N–H and O–H groups in total. The van der Waals surface area contributed by atoms with Gasteiger partial charge in [-0.05, 0) is 30.9 Å². The van der Waals surface area contributed by atoms with Crippen molar-refractivity contribution >= 4 is 11.8 Å². The van der Waals surface area contributed by atoms with Crippen molar-refractivity contribution in [1.82, 2.24) is 14.8 Å². The van der Waals surface area contributed by atoms with Crippen molar-refractivity contribution in [2.24, 2.45) is 0 Å². The minimum atomic E-state index is -0.517. The highest BCUT2D eigenvalue weighted by Gasteiger charge is 2.28. The SMILES string of the molecule is CCNC(=O)c1cn(Cc2ccccc2)cc(C(=O)N2CCC[C@H](c3ccccc3)C2)c1=O. The van der Waals surface area contributed by atoms with Crippen molar-refractivity contribution in [2.75, 3.05) is 19.6 Å². The minimum absolute atomic E-state index is 0.00440. The van der Waals surface area contributed by atoms with Crippen LogP contribution in [0.25, 0.3) is 0 Å². The second kappa shape index (κ2) is 10.3. The number of hydrogen-bond donors (Lipinski definition) is 1. The molecule has 2 amide bonds. The van der Waals surface area contributed by atoms with Gasteiger partial charge in [0, 0.05) is 44.5 Å². The van der Waals surface area contributed by atoms with Crippen LogP contribution in [0.2, 0.25) is 0 Å². The van der Waals surface area contributed by atoms with Gasteiger partial charge in [0.1, 0.15) is 11.1 Å². The number of pyridine rings is 1. The van der Waals surface area contributed by atoms with E-state index in [1.807, 2.05) is 48.5 Å². The molecule has 0 spiro atoms. The van der Waals surface area contributed by atoms with Crippen LogP contribution in [0.15, 0.2) is 77.9 Å². The van der Waals surface area contributed by atoms with Gasteiger partial charge in [0.2, 0.25) is 5.43 Å². The number of aromatic nitrogens is 1. The van der Waals surface area contributed by atoms with Crippen LogP contribution in [0.5, 0.6) is 0 Å². The molecule has 0 radical (unpaired) electrons. The quantitative estimate of drug-likeness (QED) is 0.632. The van der Waals surface area contributed by atoms with Crippen LogP contribution in [0, 0.1) is 0 Å². The van der Waals surface area contributed by atoms with E-state index in [-0.39, 0.29) is 23.0 Å². The normalized spacial score (nSPS) is 15.8. The molecule has 1 atom stereocenters. The van der Waals surface area contributed by atoms with Crippen molar-refractivity contribution in [3.8, 4) is 0 Å². The standard InChI is InChI=1S/C27H29N3O3/c1-2-28-26(32)23-18-29(16-20-10-5-3-6-11-20)19-24(25(23)31)27(33)30-15-9-14-22(17-30)21-12-7-4-8-13-21/h3-8,10-13,18-19,22H,2,9,14-17H2,1H3,(H,28,32)/t22-/m0/s1. The lowest BCUT2D eigenvalue weighted by Crippen LogP contribution is -2.42. The van der Waals surface area contributed by atoms with Gasteiger partial charge in [-0.1, -0.05) is 60.7 Å². The first-order valence-electron chi connectivity index (χ1n) is 11.5. The zero-order valence-corrected chi connectivity index (χ0v) is 18.9. The monoisotopic (exact) mass is 443 g/mol. The third-order valence-corrected chi connectivity index (χ3v) is 6.08. The Bertz CT molecular complexity index is 1170. The van der Waals surface area contributed by atoms with E-state index in [4.69, 9.17) is 0 Å². The fourth-order valence-electron chi connectivity index (χ4n) is 4.42. The van der Waals surface area contributed by atoms with E-state index in [1.165, 1.54) is 5.56 Å². The van der Waals surface area contributed by atoms with E-state index in [0.29, 0.717) is 26.2 Å². The van der Waals surface area contributed by atoms with Gasteiger partial charge in [0.15, 0.2) is 0 Å². The molecular formula is C27H29N3O3. The lowest BCUT2D eigenvalue weighted by Gasteiger charge is -2.33. The van der Waals surface area contributed by atoms with E-state index in [2.05, 4.69) is 17.4 Å². The topological polar surface area (TPSA) is 71.4 Å². The Labute approximate surface area is 193 Å². The van der Waals surface area contributed by atoms with Crippen LogP contribution < -0.4 is 10.7 Å². The molecule has 1 saturated heterocycles. The maximum absolute atomic E-state index is 13.5. The summed E-state index contributed by atoms with van der Waals surface area (Å²) in [6, 6.07) is 19.9.